The fourth-order valence-electron chi connectivity index (χ4n) is 1.62. The molecule has 3 nitrogen and oxygen atoms in total. The summed E-state index contributed by atoms with van der Waals surface area (Å²) in [5.74, 6) is 0.364. The topological polar surface area (TPSA) is 41.8 Å². The van der Waals surface area contributed by atoms with E-state index >= 15 is 0 Å². The SMILES string of the molecule is O/N=C\c1cc(Cl)c(OCc2ccccc2Cl)c(Cl)c1. The quantitative estimate of drug-likeness (QED) is 0.485. The van der Waals surface area contributed by atoms with Crippen molar-refractivity contribution in [2.45, 2.75) is 6.61 Å². The molecule has 0 heterocycles. The second kappa shape index (κ2) is 6.84. The highest BCUT2D eigenvalue weighted by Crippen LogP contribution is 2.34. The average molecular weight is 331 g/mol. The Morgan fingerprint density at radius 2 is 1.70 bits per heavy atom. The normalized spacial score (nSPS) is 10.9. The Morgan fingerprint density at radius 3 is 2.30 bits per heavy atom. The molecule has 0 aromatic heterocycles. The number of ether oxygens (including phenoxy) is 1. The van der Waals surface area contributed by atoms with Crippen molar-refractivity contribution in [2.75, 3.05) is 0 Å². The van der Waals surface area contributed by atoms with E-state index in [9.17, 15) is 0 Å². The van der Waals surface area contributed by atoms with Crippen LogP contribution in [0, 0.1) is 0 Å². The number of benzene rings is 2. The van der Waals surface area contributed by atoms with Crippen LogP contribution in [0.4, 0.5) is 0 Å². The molecule has 0 bridgehead atoms. The lowest BCUT2D eigenvalue weighted by atomic mass is 10.2. The van der Waals surface area contributed by atoms with Crippen molar-refractivity contribution >= 4 is 41.0 Å². The lowest BCUT2D eigenvalue weighted by Gasteiger charge is -2.11. The molecule has 0 saturated carbocycles. The van der Waals surface area contributed by atoms with Crippen LogP contribution in [0.1, 0.15) is 11.1 Å². The minimum absolute atomic E-state index is 0.256. The highest BCUT2D eigenvalue weighted by Gasteiger charge is 2.10. The van der Waals surface area contributed by atoms with Gasteiger partial charge in [-0.25, -0.2) is 0 Å². The van der Waals surface area contributed by atoms with Crippen molar-refractivity contribution in [3.8, 4) is 5.75 Å². The molecular formula is C14H10Cl3NO2. The number of hydrogen-bond donors (Lipinski definition) is 1. The summed E-state index contributed by atoms with van der Waals surface area (Å²) in [4.78, 5) is 0. The molecule has 0 aliphatic carbocycles. The van der Waals surface area contributed by atoms with Gasteiger partial charge in [0.05, 0.1) is 16.3 Å². The van der Waals surface area contributed by atoms with Crippen molar-refractivity contribution in [1.29, 1.82) is 0 Å². The third kappa shape index (κ3) is 3.57. The number of hydrogen-bond acceptors (Lipinski definition) is 3. The second-order valence-corrected chi connectivity index (χ2v) is 5.16. The highest BCUT2D eigenvalue weighted by molar-refractivity contribution is 6.37. The Kier molecular flexibility index (Phi) is 5.12. The maximum atomic E-state index is 8.49. The summed E-state index contributed by atoms with van der Waals surface area (Å²) in [5.41, 5.74) is 1.41. The van der Waals surface area contributed by atoms with E-state index in [-0.39, 0.29) is 6.61 Å². The third-order valence-electron chi connectivity index (χ3n) is 2.56. The zero-order chi connectivity index (χ0) is 14.5. The van der Waals surface area contributed by atoms with E-state index in [2.05, 4.69) is 5.16 Å². The van der Waals surface area contributed by atoms with Gasteiger partial charge in [-0.3, -0.25) is 0 Å². The summed E-state index contributed by atoms with van der Waals surface area (Å²) in [6, 6.07) is 10.5. The van der Waals surface area contributed by atoms with E-state index in [0.29, 0.717) is 26.4 Å². The Labute approximate surface area is 131 Å². The Balaban J connectivity index is 2.20. The van der Waals surface area contributed by atoms with Gasteiger partial charge in [0.1, 0.15) is 6.61 Å². The monoisotopic (exact) mass is 329 g/mol. The molecule has 0 atom stereocenters. The number of rotatable bonds is 4. The largest absolute Gasteiger partial charge is 0.486 e. The predicted molar refractivity (Wildman–Crippen MR) is 81.6 cm³/mol. The van der Waals surface area contributed by atoms with Crippen molar-refractivity contribution < 1.29 is 9.94 Å². The predicted octanol–water partition coefficient (Wildman–Crippen LogP) is 5.03. The van der Waals surface area contributed by atoms with Crippen LogP contribution in [-0.2, 0) is 6.61 Å². The minimum atomic E-state index is 0.256. The molecule has 0 radical (unpaired) electrons. The highest BCUT2D eigenvalue weighted by atomic mass is 35.5. The van der Waals surface area contributed by atoms with Gasteiger partial charge in [0, 0.05) is 10.6 Å². The second-order valence-electron chi connectivity index (χ2n) is 3.94. The van der Waals surface area contributed by atoms with Crippen molar-refractivity contribution in [3.05, 3.63) is 62.6 Å². The van der Waals surface area contributed by atoms with Crippen molar-refractivity contribution in [2.24, 2.45) is 5.16 Å². The smallest absolute Gasteiger partial charge is 0.157 e. The standard InChI is InChI=1S/C14H10Cl3NO2/c15-11-4-2-1-3-10(11)8-20-14-12(16)5-9(7-18-19)6-13(14)17/h1-7,19H,8H2/b18-7-. The molecule has 6 heteroatoms. The summed E-state index contributed by atoms with van der Waals surface area (Å²) >= 11 is 18.2. The molecule has 104 valence electrons. The van der Waals surface area contributed by atoms with Gasteiger partial charge in [-0.2, -0.15) is 0 Å². The summed E-state index contributed by atoms with van der Waals surface area (Å²) in [5, 5.41) is 12.7. The molecule has 0 fully saturated rings. The van der Waals surface area contributed by atoms with Crippen LogP contribution in [0.2, 0.25) is 15.1 Å². The maximum Gasteiger partial charge on any atom is 0.157 e. The number of nitrogens with zero attached hydrogens (tertiary/aromatic N) is 1. The lowest BCUT2D eigenvalue weighted by molar-refractivity contribution is 0.306. The molecule has 0 amide bonds. The summed E-state index contributed by atoms with van der Waals surface area (Å²) in [6.45, 7) is 0.256. The van der Waals surface area contributed by atoms with Gasteiger partial charge in [0.25, 0.3) is 0 Å². The van der Waals surface area contributed by atoms with Gasteiger partial charge in [-0.1, -0.05) is 58.2 Å². The van der Waals surface area contributed by atoms with Crippen LogP contribution in [0.25, 0.3) is 0 Å². The van der Waals surface area contributed by atoms with Gasteiger partial charge in [0.15, 0.2) is 5.75 Å². The van der Waals surface area contributed by atoms with Crippen LogP contribution in [-0.4, -0.2) is 11.4 Å². The fourth-order valence-corrected chi connectivity index (χ4v) is 2.43. The Morgan fingerprint density at radius 1 is 1.05 bits per heavy atom. The minimum Gasteiger partial charge on any atom is -0.486 e. The van der Waals surface area contributed by atoms with Crippen LogP contribution in [0.3, 0.4) is 0 Å². The van der Waals surface area contributed by atoms with E-state index in [4.69, 9.17) is 44.7 Å². The lowest BCUT2D eigenvalue weighted by Crippen LogP contribution is -1.98. The van der Waals surface area contributed by atoms with Gasteiger partial charge in [-0.05, 0) is 23.8 Å². The van der Waals surface area contributed by atoms with E-state index in [1.807, 2.05) is 18.2 Å². The zero-order valence-electron chi connectivity index (χ0n) is 10.2. The maximum absolute atomic E-state index is 8.49. The molecule has 0 unspecified atom stereocenters. The van der Waals surface area contributed by atoms with Crippen LogP contribution in [0.15, 0.2) is 41.6 Å². The first kappa shape index (κ1) is 15.0. The first-order chi connectivity index (χ1) is 9.61. The molecule has 0 aliphatic rings. The van der Waals surface area contributed by atoms with Gasteiger partial charge in [0.2, 0.25) is 0 Å². The number of halogens is 3. The number of oxime groups is 1. The molecular weight excluding hydrogens is 321 g/mol. The van der Waals surface area contributed by atoms with Gasteiger partial charge in [-0.15, -0.1) is 0 Å². The molecule has 20 heavy (non-hydrogen) atoms. The van der Waals surface area contributed by atoms with E-state index in [0.717, 1.165) is 5.56 Å². The van der Waals surface area contributed by atoms with Crippen molar-refractivity contribution in [1.82, 2.24) is 0 Å². The van der Waals surface area contributed by atoms with Crippen LogP contribution in [0.5, 0.6) is 5.75 Å². The Hall–Kier alpha value is -1.42. The van der Waals surface area contributed by atoms with Gasteiger partial charge < -0.3 is 9.94 Å². The van der Waals surface area contributed by atoms with Crippen LogP contribution < -0.4 is 4.74 Å². The molecule has 2 rings (SSSR count). The van der Waals surface area contributed by atoms with E-state index < -0.39 is 0 Å². The Bertz CT molecular complexity index is 621. The molecule has 0 saturated heterocycles. The average Bonchev–Trinajstić information content (AvgIpc) is 2.40. The fraction of sp³-hybridized carbons (Fsp3) is 0.0714. The molecule has 2 aromatic rings. The summed E-state index contributed by atoms with van der Waals surface area (Å²) in [6.07, 6.45) is 1.23. The van der Waals surface area contributed by atoms with Crippen LogP contribution >= 0.6 is 34.8 Å². The van der Waals surface area contributed by atoms with Gasteiger partial charge >= 0.3 is 0 Å². The van der Waals surface area contributed by atoms with Crippen molar-refractivity contribution in [3.63, 3.8) is 0 Å². The first-order valence-electron chi connectivity index (χ1n) is 5.64. The zero-order valence-corrected chi connectivity index (χ0v) is 12.5. The molecule has 2 aromatic carbocycles. The summed E-state index contributed by atoms with van der Waals surface area (Å²) < 4.78 is 5.61. The van der Waals surface area contributed by atoms with E-state index in [1.165, 1.54) is 6.21 Å². The molecule has 0 aliphatic heterocycles. The third-order valence-corrected chi connectivity index (χ3v) is 3.49. The van der Waals surface area contributed by atoms with E-state index in [1.54, 1.807) is 18.2 Å². The first-order valence-corrected chi connectivity index (χ1v) is 6.78. The molecule has 1 N–H and O–H groups in total. The summed E-state index contributed by atoms with van der Waals surface area (Å²) in [7, 11) is 0. The molecule has 0 spiro atoms.